The third kappa shape index (κ3) is 3.98. The minimum absolute atomic E-state index is 0.602. The molecule has 19 heavy (non-hydrogen) atoms. The molecule has 0 aliphatic carbocycles. The van der Waals surface area contributed by atoms with E-state index in [1.54, 1.807) is 0 Å². The molecule has 0 fully saturated rings. The summed E-state index contributed by atoms with van der Waals surface area (Å²) in [5.74, 6) is 0. The second-order valence-corrected chi connectivity index (χ2v) is 4.97. The molecule has 2 nitrogen and oxygen atoms in total. The zero-order valence-electron chi connectivity index (χ0n) is 10.5. The molecule has 0 aliphatic rings. The quantitative estimate of drug-likeness (QED) is 0.651. The van der Waals surface area contributed by atoms with Crippen molar-refractivity contribution in [1.29, 1.82) is 0 Å². The van der Waals surface area contributed by atoms with Crippen LogP contribution in [0.25, 0.3) is 0 Å². The Kier molecular flexibility index (Phi) is 4.83. The first-order valence-corrected chi connectivity index (χ1v) is 6.69. The van der Waals surface area contributed by atoms with Crippen molar-refractivity contribution in [3.05, 3.63) is 69.7 Å². The van der Waals surface area contributed by atoms with Gasteiger partial charge in [0.1, 0.15) is 0 Å². The Labute approximate surface area is 123 Å². The SMILES string of the molecule is C/C(=N/NCc1ccccc1Cl)c1ccc(Cl)cc1. The predicted molar refractivity (Wildman–Crippen MR) is 82.0 cm³/mol. The molecule has 0 aromatic heterocycles. The number of rotatable bonds is 4. The Morgan fingerprint density at radius 2 is 1.74 bits per heavy atom. The fourth-order valence-corrected chi connectivity index (χ4v) is 1.97. The summed E-state index contributed by atoms with van der Waals surface area (Å²) in [6, 6.07) is 15.3. The molecule has 98 valence electrons. The molecule has 0 radical (unpaired) electrons. The highest BCUT2D eigenvalue weighted by Gasteiger charge is 1.99. The normalized spacial score (nSPS) is 11.4. The number of benzene rings is 2. The van der Waals surface area contributed by atoms with Crippen LogP contribution in [0, 0.1) is 0 Å². The molecule has 0 heterocycles. The van der Waals surface area contributed by atoms with Crippen molar-refractivity contribution in [2.24, 2.45) is 5.10 Å². The van der Waals surface area contributed by atoms with Crippen LogP contribution >= 0.6 is 23.2 Å². The minimum Gasteiger partial charge on any atom is -0.305 e. The van der Waals surface area contributed by atoms with E-state index in [0.29, 0.717) is 6.54 Å². The summed E-state index contributed by atoms with van der Waals surface area (Å²) in [4.78, 5) is 0. The molecule has 0 spiro atoms. The van der Waals surface area contributed by atoms with Gasteiger partial charge in [-0.1, -0.05) is 53.5 Å². The van der Waals surface area contributed by atoms with Crippen LogP contribution in [-0.2, 0) is 6.54 Å². The van der Waals surface area contributed by atoms with Gasteiger partial charge in [-0.25, -0.2) is 0 Å². The first-order valence-electron chi connectivity index (χ1n) is 5.93. The number of halogens is 2. The maximum absolute atomic E-state index is 6.07. The summed E-state index contributed by atoms with van der Waals surface area (Å²) < 4.78 is 0. The van der Waals surface area contributed by atoms with Crippen LogP contribution in [0.3, 0.4) is 0 Å². The predicted octanol–water partition coefficient (Wildman–Crippen LogP) is 4.51. The third-order valence-electron chi connectivity index (χ3n) is 2.74. The van der Waals surface area contributed by atoms with E-state index >= 15 is 0 Å². The zero-order valence-corrected chi connectivity index (χ0v) is 12.0. The van der Waals surface area contributed by atoms with E-state index in [1.807, 2.05) is 55.5 Å². The summed E-state index contributed by atoms with van der Waals surface area (Å²) in [7, 11) is 0. The lowest BCUT2D eigenvalue weighted by Gasteiger charge is -2.05. The molecule has 0 amide bonds. The van der Waals surface area contributed by atoms with Crippen molar-refractivity contribution in [2.45, 2.75) is 13.5 Å². The van der Waals surface area contributed by atoms with Gasteiger partial charge < -0.3 is 5.43 Å². The molecule has 0 saturated carbocycles. The summed E-state index contributed by atoms with van der Waals surface area (Å²) in [5.41, 5.74) is 5.99. The highest BCUT2D eigenvalue weighted by atomic mass is 35.5. The first-order chi connectivity index (χ1) is 9.16. The van der Waals surface area contributed by atoms with Gasteiger partial charge in [-0.15, -0.1) is 0 Å². The molecular formula is C15H14Cl2N2. The lowest BCUT2D eigenvalue weighted by Crippen LogP contribution is -2.09. The van der Waals surface area contributed by atoms with E-state index < -0.39 is 0 Å². The Bertz CT molecular complexity index is 577. The Balaban J connectivity index is 1.99. The Morgan fingerprint density at radius 3 is 2.42 bits per heavy atom. The van der Waals surface area contributed by atoms with Crippen molar-refractivity contribution >= 4 is 28.9 Å². The average Bonchev–Trinajstić information content (AvgIpc) is 2.41. The fourth-order valence-electron chi connectivity index (χ4n) is 1.64. The van der Waals surface area contributed by atoms with Crippen LogP contribution in [0.5, 0.6) is 0 Å². The molecule has 0 atom stereocenters. The number of nitrogens with one attached hydrogen (secondary N) is 1. The van der Waals surface area contributed by atoms with E-state index in [4.69, 9.17) is 23.2 Å². The van der Waals surface area contributed by atoms with Crippen molar-refractivity contribution in [2.75, 3.05) is 0 Å². The fraction of sp³-hybridized carbons (Fsp3) is 0.133. The van der Waals surface area contributed by atoms with Crippen LogP contribution in [0.2, 0.25) is 10.0 Å². The van der Waals surface area contributed by atoms with E-state index in [2.05, 4.69) is 10.5 Å². The largest absolute Gasteiger partial charge is 0.305 e. The zero-order chi connectivity index (χ0) is 13.7. The topological polar surface area (TPSA) is 24.4 Å². The number of nitrogens with zero attached hydrogens (tertiary/aromatic N) is 1. The van der Waals surface area contributed by atoms with E-state index in [0.717, 1.165) is 26.9 Å². The van der Waals surface area contributed by atoms with Crippen LogP contribution in [0.1, 0.15) is 18.1 Å². The molecular weight excluding hydrogens is 279 g/mol. The van der Waals surface area contributed by atoms with Crippen molar-refractivity contribution in [1.82, 2.24) is 5.43 Å². The molecule has 1 N–H and O–H groups in total. The smallest absolute Gasteiger partial charge is 0.0644 e. The second-order valence-electron chi connectivity index (χ2n) is 4.13. The lowest BCUT2D eigenvalue weighted by molar-refractivity contribution is 0.744. The van der Waals surface area contributed by atoms with E-state index in [1.165, 1.54) is 0 Å². The first kappa shape index (κ1) is 13.9. The van der Waals surface area contributed by atoms with Gasteiger partial charge in [-0.05, 0) is 36.2 Å². The van der Waals surface area contributed by atoms with Crippen LogP contribution in [0.15, 0.2) is 53.6 Å². The van der Waals surface area contributed by atoms with Gasteiger partial charge in [0.15, 0.2) is 0 Å². The lowest BCUT2D eigenvalue weighted by atomic mass is 10.1. The second kappa shape index (κ2) is 6.60. The molecule has 2 aromatic rings. The standard InChI is InChI=1S/C15H14Cl2N2/c1-11(12-6-8-14(16)9-7-12)19-18-10-13-4-2-3-5-15(13)17/h2-9,18H,10H2,1H3/b19-11-. The Morgan fingerprint density at radius 1 is 1.05 bits per heavy atom. The summed E-state index contributed by atoms with van der Waals surface area (Å²) in [6.45, 7) is 2.55. The van der Waals surface area contributed by atoms with Gasteiger partial charge >= 0.3 is 0 Å². The highest BCUT2D eigenvalue weighted by molar-refractivity contribution is 6.31. The average molecular weight is 293 g/mol. The maximum atomic E-state index is 6.07. The molecule has 4 heteroatoms. The van der Waals surface area contributed by atoms with Crippen LogP contribution < -0.4 is 5.43 Å². The monoisotopic (exact) mass is 292 g/mol. The highest BCUT2D eigenvalue weighted by Crippen LogP contribution is 2.14. The number of hydrazone groups is 1. The van der Waals surface area contributed by atoms with Gasteiger partial charge in [0.2, 0.25) is 0 Å². The minimum atomic E-state index is 0.602. The molecule has 0 aliphatic heterocycles. The van der Waals surface area contributed by atoms with Gasteiger partial charge in [-0.3, -0.25) is 0 Å². The van der Waals surface area contributed by atoms with Crippen molar-refractivity contribution < 1.29 is 0 Å². The summed E-state index contributed by atoms with van der Waals surface area (Å²) >= 11 is 11.9. The van der Waals surface area contributed by atoms with Crippen molar-refractivity contribution in [3.63, 3.8) is 0 Å². The van der Waals surface area contributed by atoms with Gasteiger partial charge in [0, 0.05) is 10.0 Å². The van der Waals surface area contributed by atoms with Crippen LogP contribution in [0.4, 0.5) is 0 Å². The van der Waals surface area contributed by atoms with Gasteiger partial charge in [0.05, 0.1) is 12.3 Å². The molecule has 0 unspecified atom stereocenters. The molecule has 0 bridgehead atoms. The molecule has 2 aromatic carbocycles. The van der Waals surface area contributed by atoms with Crippen molar-refractivity contribution in [3.8, 4) is 0 Å². The third-order valence-corrected chi connectivity index (χ3v) is 3.36. The maximum Gasteiger partial charge on any atom is 0.0644 e. The number of hydrogen-bond acceptors (Lipinski definition) is 2. The number of hydrogen-bond donors (Lipinski definition) is 1. The summed E-state index contributed by atoms with van der Waals surface area (Å²) in [6.07, 6.45) is 0. The summed E-state index contributed by atoms with van der Waals surface area (Å²) in [5, 5.41) is 5.79. The van der Waals surface area contributed by atoms with E-state index in [9.17, 15) is 0 Å². The van der Waals surface area contributed by atoms with Crippen LogP contribution in [-0.4, -0.2) is 5.71 Å². The van der Waals surface area contributed by atoms with Gasteiger partial charge in [-0.2, -0.15) is 5.10 Å². The Hall–Kier alpha value is -1.51. The molecule has 2 rings (SSSR count). The van der Waals surface area contributed by atoms with Gasteiger partial charge in [0.25, 0.3) is 0 Å². The molecule has 0 saturated heterocycles. The van der Waals surface area contributed by atoms with E-state index in [-0.39, 0.29) is 0 Å².